The van der Waals surface area contributed by atoms with Crippen LogP contribution in [0, 0.1) is 11.8 Å². The van der Waals surface area contributed by atoms with Gasteiger partial charge in [-0.2, -0.15) is 4.98 Å². The van der Waals surface area contributed by atoms with Crippen molar-refractivity contribution in [3.05, 3.63) is 11.8 Å². The summed E-state index contributed by atoms with van der Waals surface area (Å²) in [4.78, 5) is 13.8. The third kappa shape index (κ3) is 2.04. The first kappa shape index (κ1) is 12.4. The quantitative estimate of drug-likeness (QED) is 0.881. The number of rotatable bonds is 2. The van der Waals surface area contributed by atoms with Gasteiger partial charge in [0.2, 0.25) is 5.95 Å². The van der Waals surface area contributed by atoms with Crippen LogP contribution >= 0.6 is 0 Å². The predicted octanol–water partition coefficient (Wildman–Crippen LogP) is 1.32. The number of likely N-dealkylation sites (tertiary alicyclic amines) is 1. The second-order valence-corrected chi connectivity index (χ2v) is 6.78. The molecule has 1 aromatic rings. The highest BCUT2D eigenvalue weighted by molar-refractivity contribution is 5.46. The molecule has 0 aromatic carbocycles. The van der Waals surface area contributed by atoms with E-state index in [1.807, 2.05) is 0 Å². The highest BCUT2D eigenvalue weighted by Gasteiger charge is 2.39. The van der Waals surface area contributed by atoms with Crippen LogP contribution < -0.4 is 10.6 Å². The molecule has 4 rings (SSSR count). The third-order valence-corrected chi connectivity index (χ3v) is 5.27. The van der Waals surface area contributed by atoms with E-state index in [9.17, 15) is 0 Å². The molecule has 0 bridgehead atoms. The number of nitrogens with two attached hydrogens (primary N) is 1. The SMILES string of the molecule is CN1C[C@@H]2CN(c3cc(C4CCC4)nc(N)n3)C[C@@H]2C1. The van der Waals surface area contributed by atoms with Crippen LogP contribution in [0.2, 0.25) is 0 Å². The Balaban J connectivity index is 1.55. The molecule has 20 heavy (non-hydrogen) atoms. The van der Waals surface area contributed by atoms with E-state index in [-0.39, 0.29) is 0 Å². The zero-order chi connectivity index (χ0) is 13.7. The molecule has 0 unspecified atom stereocenters. The summed E-state index contributed by atoms with van der Waals surface area (Å²) in [5.41, 5.74) is 7.08. The highest BCUT2D eigenvalue weighted by atomic mass is 15.3. The molecule has 2 N–H and O–H groups in total. The summed E-state index contributed by atoms with van der Waals surface area (Å²) in [5, 5.41) is 0. The smallest absolute Gasteiger partial charge is 0.222 e. The van der Waals surface area contributed by atoms with Crippen LogP contribution in [0.25, 0.3) is 0 Å². The van der Waals surface area contributed by atoms with Gasteiger partial charge in [0.25, 0.3) is 0 Å². The molecule has 1 aliphatic carbocycles. The topological polar surface area (TPSA) is 58.3 Å². The first-order valence-electron chi connectivity index (χ1n) is 7.77. The number of aromatic nitrogens is 2. The fraction of sp³-hybridized carbons (Fsp3) is 0.733. The van der Waals surface area contributed by atoms with Crippen molar-refractivity contribution in [3.8, 4) is 0 Å². The van der Waals surface area contributed by atoms with Crippen molar-refractivity contribution in [1.29, 1.82) is 0 Å². The molecule has 108 valence electrons. The van der Waals surface area contributed by atoms with Gasteiger partial charge in [0.05, 0.1) is 5.69 Å². The van der Waals surface area contributed by atoms with Crippen molar-refractivity contribution in [2.45, 2.75) is 25.2 Å². The van der Waals surface area contributed by atoms with Gasteiger partial charge in [-0.15, -0.1) is 0 Å². The van der Waals surface area contributed by atoms with Crippen LogP contribution in [0.4, 0.5) is 11.8 Å². The van der Waals surface area contributed by atoms with Gasteiger partial charge in [-0.1, -0.05) is 6.42 Å². The molecular formula is C15H23N5. The summed E-state index contributed by atoms with van der Waals surface area (Å²) in [6.07, 6.45) is 3.84. The van der Waals surface area contributed by atoms with E-state index >= 15 is 0 Å². The highest BCUT2D eigenvalue weighted by Crippen LogP contribution is 2.38. The molecule has 5 nitrogen and oxygen atoms in total. The largest absolute Gasteiger partial charge is 0.368 e. The summed E-state index contributed by atoms with van der Waals surface area (Å²) >= 11 is 0. The standard InChI is InChI=1S/C15H23N5/c1-19-6-11-8-20(9-12(11)7-19)14-5-13(10-3-2-4-10)17-15(16)18-14/h5,10-12H,2-4,6-9H2,1H3,(H2,16,17,18)/t11-,12+. The lowest BCUT2D eigenvalue weighted by molar-refractivity contribution is 0.386. The summed E-state index contributed by atoms with van der Waals surface area (Å²) in [5.74, 6) is 3.70. The molecule has 1 saturated carbocycles. The first-order valence-corrected chi connectivity index (χ1v) is 7.77. The molecule has 5 heteroatoms. The Morgan fingerprint density at radius 2 is 1.80 bits per heavy atom. The van der Waals surface area contributed by atoms with Crippen molar-refractivity contribution in [3.63, 3.8) is 0 Å². The molecule has 3 aliphatic rings. The molecule has 0 amide bonds. The molecule has 3 fully saturated rings. The summed E-state index contributed by atoms with van der Waals surface area (Å²) < 4.78 is 0. The van der Waals surface area contributed by atoms with E-state index in [0.29, 0.717) is 11.9 Å². The van der Waals surface area contributed by atoms with Gasteiger partial charge in [-0.3, -0.25) is 0 Å². The second-order valence-electron chi connectivity index (χ2n) is 6.78. The van der Waals surface area contributed by atoms with Crippen LogP contribution in [0.1, 0.15) is 30.9 Å². The van der Waals surface area contributed by atoms with Crippen LogP contribution in [0.3, 0.4) is 0 Å². The monoisotopic (exact) mass is 273 g/mol. The van der Waals surface area contributed by atoms with Gasteiger partial charge in [-0.25, -0.2) is 4.98 Å². The molecule has 0 radical (unpaired) electrons. The Hall–Kier alpha value is -1.36. The lowest BCUT2D eigenvalue weighted by Gasteiger charge is -2.26. The number of nitrogens with zero attached hydrogens (tertiary/aromatic N) is 4. The molecular weight excluding hydrogens is 250 g/mol. The average molecular weight is 273 g/mol. The molecule has 2 saturated heterocycles. The van der Waals surface area contributed by atoms with Crippen LogP contribution in [-0.2, 0) is 0 Å². The zero-order valence-corrected chi connectivity index (χ0v) is 12.1. The lowest BCUT2D eigenvalue weighted by Crippen LogP contribution is -2.28. The Kier molecular flexibility index (Phi) is 2.84. The van der Waals surface area contributed by atoms with Gasteiger partial charge in [-0.05, 0) is 31.7 Å². The average Bonchev–Trinajstić information content (AvgIpc) is 2.82. The Labute approximate surface area is 120 Å². The normalized spacial score (nSPS) is 30.6. The van der Waals surface area contributed by atoms with Crippen molar-refractivity contribution in [1.82, 2.24) is 14.9 Å². The molecule has 2 atom stereocenters. The molecule has 1 aromatic heterocycles. The number of nitrogen functional groups attached to an aromatic ring is 1. The van der Waals surface area contributed by atoms with Gasteiger partial charge in [0, 0.05) is 38.2 Å². The first-order chi connectivity index (χ1) is 9.69. The minimum Gasteiger partial charge on any atom is -0.368 e. The van der Waals surface area contributed by atoms with Crippen LogP contribution in [0.5, 0.6) is 0 Å². The van der Waals surface area contributed by atoms with Gasteiger partial charge in [0.15, 0.2) is 0 Å². The fourth-order valence-corrected chi connectivity index (χ4v) is 3.96. The molecule has 3 heterocycles. The minimum atomic E-state index is 0.443. The van der Waals surface area contributed by atoms with E-state index in [1.165, 1.54) is 32.4 Å². The van der Waals surface area contributed by atoms with Crippen molar-refractivity contribution in [2.75, 3.05) is 43.9 Å². The number of hydrogen-bond acceptors (Lipinski definition) is 5. The third-order valence-electron chi connectivity index (χ3n) is 5.27. The van der Waals surface area contributed by atoms with Gasteiger partial charge in [0.1, 0.15) is 5.82 Å². The fourth-order valence-electron chi connectivity index (χ4n) is 3.96. The van der Waals surface area contributed by atoms with Gasteiger partial charge < -0.3 is 15.5 Å². The molecule has 0 spiro atoms. The van der Waals surface area contributed by atoms with Crippen LogP contribution in [0.15, 0.2) is 6.07 Å². The maximum Gasteiger partial charge on any atom is 0.222 e. The summed E-state index contributed by atoms with van der Waals surface area (Å²) in [6, 6.07) is 2.19. The molecule has 2 aliphatic heterocycles. The van der Waals surface area contributed by atoms with Crippen LogP contribution in [-0.4, -0.2) is 48.1 Å². The van der Waals surface area contributed by atoms with E-state index < -0.39 is 0 Å². The van der Waals surface area contributed by atoms with Gasteiger partial charge >= 0.3 is 0 Å². The Bertz CT molecular complexity index is 499. The van der Waals surface area contributed by atoms with Crippen molar-refractivity contribution in [2.24, 2.45) is 11.8 Å². The van der Waals surface area contributed by atoms with E-state index in [0.717, 1.165) is 36.4 Å². The number of hydrogen-bond donors (Lipinski definition) is 1. The summed E-state index contributed by atoms with van der Waals surface area (Å²) in [6.45, 7) is 4.68. The number of fused-ring (bicyclic) bond motifs is 1. The van der Waals surface area contributed by atoms with Crippen molar-refractivity contribution < 1.29 is 0 Å². The maximum atomic E-state index is 5.92. The summed E-state index contributed by atoms with van der Waals surface area (Å²) in [7, 11) is 2.22. The minimum absolute atomic E-state index is 0.443. The van der Waals surface area contributed by atoms with E-state index in [1.54, 1.807) is 0 Å². The van der Waals surface area contributed by atoms with E-state index in [2.05, 4.69) is 32.9 Å². The van der Waals surface area contributed by atoms with Crippen molar-refractivity contribution >= 4 is 11.8 Å². The predicted molar refractivity (Wildman–Crippen MR) is 79.7 cm³/mol. The Morgan fingerprint density at radius 3 is 2.40 bits per heavy atom. The lowest BCUT2D eigenvalue weighted by atomic mass is 9.83. The Morgan fingerprint density at radius 1 is 1.10 bits per heavy atom. The maximum absolute atomic E-state index is 5.92. The zero-order valence-electron chi connectivity index (χ0n) is 12.1. The van der Waals surface area contributed by atoms with E-state index in [4.69, 9.17) is 5.73 Å². The number of anilines is 2. The second kappa shape index (κ2) is 4.58.